The second-order valence-corrected chi connectivity index (χ2v) is 6.39. The van der Waals surface area contributed by atoms with Gasteiger partial charge >= 0.3 is 0 Å². The summed E-state index contributed by atoms with van der Waals surface area (Å²) in [5.41, 5.74) is 5.26. The number of aromatic nitrogens is 2. The van der Waals surface area contributed by atoms with Gasteiger partial charge < -0.3 is 5.32 Å². The summed E-state index contributed by atoms with van der Waals surface area (Å²) in [6, 6.07) is 9.14. The molecule has 0 saturated carbocycles. The predicted octanol–water partition coefficient (Wildman–Crippen LogP) is 3.86. The molecule has 0 spiro atoms. The Bertz CT molecular complexity index is 582. The molecule has 0 unspecified atom stereocenters. The third-order valence-corrected chi connectivity index (χ3v) is 3.62. The smallest absolute Gasteiger partial charge is 0.0662 e. The lowest BCUT2D eigenvalue weighted by Gasteiger charge is -2.14. The third-order valence-electron chi connectivity index (χ3n) is 3.62. The molecule has 1 aromatic heterocycles. The lowest BCUT2D eigenvalue weighted by Crippen LogP contribution is -2.22. The zero-order valence-electron chi connectivity index (χ0n) is 13.9. The summed E-state index contributed by atoms with van der Waals surface area (Å²) in [7, 11) is 0. The standard InChI is InChI=1S/C18H27N3/c1-13(2)18-17(10-19-14(3)4)11-20-21(18)12-16-8-6-7-15(5)9-16/h6-9,11,13-14,19H,10,12H2,1-5H3. The van der Waals surface area contributed by atoms with Crippen LogP contribution in [0, 0.1) is 6.92 Å². The molecule has 0 aliphatic carbocycles. The summed E-state index contributed by atoms with van der Waals surface area (Å²) in [5, 5.41) is 8.11. The Balaban J connectivity index is 2.23. The molecular weight excluding hydrogens is 258 g/mol. The van der Waals surface area contributed by atoms with Crippen molar-refractivity contribution in [2.75, 3.05) is 0 Å². The zero-order valence-corrected chi connectivity index (χ0v) is 13.9. The van der Waals surface area contributed by atoms with E-state index in [0.717, 1.165) is 13.1 Å². The Morgan fingerprint density at radius 2 is 1.95 bits per heavy atom. The van der Waals surface area contributed by atoms with Crippen LogP contribution in [0.4, 0.5) is 0 Å². The Hall–Kier alpha value is -1.61. The Morgan fingerprint density at radius 1 is 1.19 bits per heavy atom. The Labute approximate surface area is 128 Å². The number of nitrogens with one attached hydrogen (secondary N) is 1. The summed E-state index contributed by atoms with van der Waals surface area (Å²) in [5.74, 6) is 0.473. The highest BCUT2D eigenvalue weighted by atomic mass is 15.3. The molecule has 21 heavy (non-hydrogen) atoms. The number of nitrogens with zero attached hydrogens (tertiary/aromatic N) is 2. The molecule has 1 N–H and O–H groups in total. The Morgan fingerprint density at radius 3 is 2.57 bits per heavy atom. The molecule has 1 aromatic carbocycles. The van der Waals surface area contributed by atoms with E-state index in [9.17, 15) is 0 Å². The molecule has 0 radical (unpaired) electrons. The first-order chi connectivity index (χ1) is 9.97. The minimum absolute atomic E-state index is 0.473. The van der Waals surface area contributed by atoms with Gasteiger partial charge in [-0.1, -0.05) is 57.5 Å². The molecule has 0 saturated heterocycles. The van der Waals surface area contributed by atoms with Crippen molar-refractivity contribution in [2.45, 2.75) is 59.7 Å². The summed E-state index contributed by atoms with van der Waals surface area (Å²) in [6.45, 7) is 12.7. The predicted molar refractivity (Wildman–Crippen MR) is 88.6 cm³/mol. The number of hydrogen-bond donors (Lipinski definition) is 1. The van der Waals surface area contributed by atoms with Gasteiger partial charge in [0.15, 0.2) is 0 Å². The van der Waals surface area contributed by atoms with Gasteiger partial charge in [0.05, 0.1) is 12.7 Å². The van der Waals surface area contributed by atoms with Gasteiger partial charge in [-0.15, -0.1) is 0 Å². The van der Waals surface area contributed by atoms with Crippen molar-refractivity contribution < 1.29 is 0 Å². The van der Waals surface area contributed by atoms with Crippen molar-refractivity contribution in [3.8, 4) is 0 Å². The first-order valence-corrected chi connectivity index (χ1v) is 7.81. The van der Waals surface area contributed by atoms with Crippen LogP contribution in [-0.4, -0.2) is 15.8 Å². The monoisotopic (exact) mass is 285 g/mol. The van der Waals surface area contributed by atoms with Crippen LogP contribution in [-0.2, 0) is 13.1 Å². The summed E-state index contributed by atoms with van der Waals surface area (Å²) >= 11 is 0. The van der Waals surface area contributed by atoms with Gasteiger partial charge in [0.25, 0.3) is 0 Å². The maximum Gasteiger partial charge on any atom is 0.0662 e. The van der Waals surface area contributed by atoms with Crippen LogP contribution in [0.5, 0.6) is 0 Å². The number of rotatable bonds is 6. The van der Waals surface area contributed by atoms with Gasteiger partial charge in [-0.3, -0.25) is 4.68 Å². The average molecular weight is 285 g/mol. The molecule has 1 heterocycles. The summed E-state index contributed by atoms with van der Waals surface area (Å²) in [6.07, 6.45) is 2.01. The van der Waals surface area contributed by atoms with E-state index >= 15 is 0 Å². The van der Waals surface area contributed by atoms with E-state index in [2.05, 4.69) is 74.0 Å². The fourth-order valence-electron chi connectivity index (χ4n) is 2.66. The van der Waals surface area contributed by atoms with Crippen molar-refractivity contribution >= 4 is 0 Å². The van der Waals surface area contributed by atoms with Crippen molar-refractivity contribution in [3.63, 3.8) is 0 Å². The van der Waals surface area contributed by atoms with Crippen molar-refractivity contribution in [3.05, 3.63) is 52.8 Å². The molecule has 0 atom stereocenters. The fraction of sp³-hybridized carbons (Fsp3) is 0.500. The molecule has 0 aliphatic rings. The van der Waals surface area contributed by atoms with Crippen LogP contribution in [0.25, 0.3) is 0 Å². The van der Waals surface area contributed by atoms with Crippen molar-refractivity contribution in [1.82, 2.24) is 15.1 Å². The lowest BCUT2D eigenvalue weighted by atomic mass is 10.1. The molecule has 2 rings (SSSR count). The lowest BCUT2D eigenvalue weighted by molar-refractivity contribution is 0.574. The molecule has 0 aliphatic heterocycles. The minimum atomic E-state index is 0.473. The zero-order chi connectivity index (χ0) is 15.4. The van der Waals surface area contributed by atoms with E-state index in [1.165, 1.54) is 22.4 Å². The first kappa shape index (κ1) is 15.8. The van der Waals surface area contributed by atoms with E-state index < -0.39 is 0 Å². The molecule has 0 bridgehead atoms. The fourth-order valence-corrected chi connectivity index (χ4v) is 2.66. The number of aryl methyl sites for hydroxylation is 1. The molecule has 3 nitrogen and oxygen atoms in total. The van der Waals surface area contributed by atoms with Crippen LogP contribution in [0.15, 0.2) is 30.5 Å². The molecule has 2 aromatic rings. The Kier molecular flexibility index (Phi) is 5.18. The van der Waals surface area contributed by atoms with Gasteiger partial charge in [-0.05, 0) is 18.4 Å². The normalized spacial score (nSPS) is 11.6. The topological polar surface area (TPSA) is 29.9 Å². The third kappa shape index (κ3) is 4.18. The van der Waals surface area contributed by atoms with E-state index in [-0.39, 0.29) is 0 Å². The van der Waals surface area contributed by atoms with E-state index in [1.807, 2.05) is 6.20 Å². The number of hydrogen-bond acceptors (Lipinski definition) is 2. The van der Waals surface area contributed by atoms with E-state index in [4.69, 9.17) is 0 Å². The summed E-state index contributed by atoms with van der Waals surface area (Å²) < 4.78 is 2.15. The van der Waals surface area contributed by atoms with Crippen molar-refractivity contribution in [1.29, 1.82) is 0 Å². The molecule has 3 heteroatoms. The largest absolute Gasteiger partial charge is 0.310 e. The van der Waals surface area contributed by atoms with E-state index in [0.29, 0.717) is 12.0 Å². The summed E-state index contributed by atoms with van der Waals surface area (Å²) in [4.78, 5) is 0. The highest BCUT2D eigenvalue weighted by Crippen LogP contribution is 2.21. The van der Waals surface area contributed by atoms with Crippen LogP contribution < -0.4 is 5.32 Å². The van der Waals surface area contributed by atoms with Crippen LogP contribution in [0.1, 0.15) is 56.0 Å². The highest BCUT2D eigenvalue weighted by Gasteiger charge is 2.14. The van der Waals surface area contributed by atoms with Crippen LogP contribution in [0.3, 0.4) is 0 Å². The average Bonchev–Trinajstić information content (AvgIpc) is 2.79. The van der Waals surface area contributed by atoms with Crippen LogP contribution >= 0.6 is 0 Å². The second kappa shape index (κ2) is 6.90. The van der Waals surface area contributed by atoms with Gasteiger partial charge in [0, 0.05) is 23.8 Å². The molecule has 0 fully saturated rings. The van der Waals surface area contributed by atoms with Gasteiger partial charge in [-0.25, -0.2) is 0 Å². The molecule has 0 amide bonds. The van der Waals surface area contributed by atoms with Crippen LogP contribution in [0.2, 0.25) is 0 Å². The van der Waals surface area contributed by atoms with Gasteiger partial charge in [0.1, 0.15) is 0 Å². The van der Waals surface area contributed by atoms with Gasteiger partial charge in [0.2, 0.25) is 0 Å². The highest BCUT2D eigenvalue weighted by molar-refractivity contribution is 5.25. The quantitative estimate of drug-likeness (QED) is 0.873. The molecule has 114 valence electrons. The maximum atomic E-state index is 4.62. The first-order valence-electron chi connectivity index (χ1n) is 7.81. The minimum Gasteiger partial charge on any atom is -0.310 e. The maximum absolute atomic E-state index is 4.62. The van der Waals surface area contributed by atoms with Gasteiger partial charge in [-0.2, -0.15) is 5.10 Å². The number of benzene rings is 1. The molecular formula is C18H27N3. The second-order valence-electron chi connectivity index (χ2n) is 6.39. The van der Waals surface area contributed by atoms with Crippen molar-refractivity contribution in [2.24, 2.45) is 0 Å². The SMILES string of the molecule is Cc1cccc(Cn2ncc(CNC(C)C)c2C(C)C)c1. The van der Waals surface area contributed by atoms with E-state index in [1.54, 1.807) is 0 Å².